The molecular formula is C20H24O2. The summed E-state index contributed by atoms with van der Waals surface area (Å²) >= 11 is 0. The molecule has 0 amide bonds. The number of aliphatic hydroxyl groups is 1. The van der Waals surface area contributed by atoms with Crippen molar-refractivity contribution in [2.24, 2.45) is 0 Å². The molecule has 1 fully saturated rings. The van der Waals surface area contributed by atoms with Crippen LogP contribution in [0.5, 0.6) is 0 Å². The first kappa shape index (κ1) is 15.3. The molecule has 1 N–H and O–H groups in total. The quantitative estimate of drug-likeness (QED) is 0.904. The van der Waals surface area contributed by atoms with Crippen molar-refractivity contribution < 1.29 is 9.84 Å². The normalized spacial score (nSPS) is 28.5. The molecule has 0 radical (unpaired) electrons. The van der Waals surface area contributed by atoms with E-state index in [0.717, 1.165) is 36.8 Å². The van der Waals surface area contributed by atoms with Crippen LogP contribution in [-0.4, -0.2) is 10.7 Å². The van der Waals surface area contributed by atoms with E-state index in [-0.39, 0.29) is 0 Å². The number of ether oxygens (including phenoxy) is 1. The second-order valence-corrected chi connectivity index (χ2v) is 6.45. The smallest absolute Gasteiger partial charge is 0.122 e. The van der Waals surface area contributed by atoms with E-state index in [9.17, 15) is 5.11 Å². The van der Waals surface area contributed by atoms with E-state index >= 15 is 0 Å². The van der Waals surface area contributed by atoms with Crippen LogP contribution in [0.25, 0.3) is 0 Å². The number of hydrogen-bond donors (Lipinski definition) is 1. The Bertz CT molecular complexity index is 592. The van der Waals surface area contributed by atoms with Gasteiger partial charge in [-0.2, -0.15) is 0 Å². The SMILES string of the molecule is CC1(O)CCCCC1(OCc1ccccc1)c1ccccc1. The molecule has 2 aromatic carbocycles. The molecule has 2 unspecified atom stereocenters. The molecule has 0 aromatic heterocycles. The highest BCUT2D eigenvalue weighted by molar-refractivity contribution is 5.28. The van der Waals surface area contributed by atoms with Crippen LogP contribution in [-0.2, 0) is 16.9 Å². The van der Waals surface area contributed by atoms with Gasteiger partial charge in [-0.3, -0.25) is 0 Å². The van der Waals surface area contributed by atoms with Crippen molar-refractivity contribution in [2.75, 3.05) is 0 Å². The summed E-state index contributed by atoms with van der Waals surface area (Å²) in [5.41, 5.74) is 0.749. The maximum atomic E-state index is 11.1. The largest absolute Gasteiger partial charge is 0.387 e. The molecule has 2 atom stereocenters. The maximum absolute atomic E-state index is 11.1. The van der Waals surface area contributed by atoms with Gasteiger partial charge in [-0.05, 0) is 37.3 Å². The Hall–Kier alpha value is -1.64. The average molecular weight is 296 g/mol. The Balaban J connectivity index is 1.93. The molecule has 3 rings (SSSR count). The maximum Gasteiger partial charge on any atom is 0.122 e. The third kappa shape index (κ3) is 2.81. The lowest BCUT2D eigenvalue weighted by Crippen LogP contribution is -2.53. The first-order valence-corrected chi connectivity index (χ1v) is 8.10. The topological polar surface area (TPSA) is 29.5 Å². The predicted octanol–water partition coefficient (Wildman–Crippen LogP) is 4.42. The number of rotatable bonds is 4. The van der Waals surface area contributed by atoms with Crippen LogP contribution in [0.15, 0.2) is 60.7 Å². The minimum atomic E-state index is -0.846. The lowest BCUT2D eigenvalue weighted by atomic mass is 9.69. The third-order valence-electron chi connectivity index (χ3n) is 4.88. The molecular weight excluding hydrogens is 272 g/mol. The summed E-state index contributed by atoms with van der Waals surface area (Å²) in [6.45, 7) is 2.44. The Morgan fingerprint density at radius 2 is 1.50 bits per heavy atom. The van der Waals surface area contributed by atoms with E-state index in [0.29, 0.717) is 6.61 Å². The first-order chi connectivity index (χ1) is 10.6. The fraction of sp³-hybridized carbons (Fsp3) is 0.400. The van der Waals surface area contributed by atoms with Gasteiger partial charge in [0.2, 0.25) is 0 Å². The summed E-state index contributed by atoms with van der Waals surface area (Å²) < 4.78 is 6.41. The van der Waals surface area contributed by atoms with Gasteiger partial charge in [0.05, 0.1) is 12.2 Å². The predicted molar refractivity (Wildman–Crippen MR) is 88.4 cm³/mol. The van der Waals surface area contributed by atoms with E-state index in [1.165, 1.54) is 0 Å². The summed E-state index contributed by atoms with van der Waals surface area (Å²) in [5, 5.41) is 11.1. The molecule has 1 saturated carbocycles. The molecule has 22 heavy (non-hydrogen) atoms. The van der Waals surface area contributed by atoms with Crippen LogP contribution in [0.4, 0.5) is 0 Å². The van der Waals surface area contributed by atoms with Gasteiger partial charge in [-0.25, -0.2) is 0 Å². The van der Waals surface area contributed by atoms with Crippen molar-refractivity contribution in [3.8, 4) is 0 Å². The van der Waals surface area contributed by atoms with Gasteiger partial charge in [0, 0.05) is 0 Å². The van der Waals surface area contributed by atoms with Crippen LogP contribution in [0.2, 0.25) is 0 Å². The minimum absolute atomic E-state index is 0.520. The molecule has 1 aliphatic rings. The molecule has 2 heteroatoms. The molecule has 0 saturated heterocycles. The molecule has 0 bridgehead atoms. The zero-order valence-corrected chi connectivity index (χ0v) is 13.2. The first-order valence-electron chi connectivity index (χ1n) is 8.10. The van der Waals surface area contributed by atoms with Gasteiger partial charge < -0.3 is 9.84 Å². The monoisotopic (exact) mass is 296 g/mol. The third-order valence-corrected chi connectivity index (χ3v) is 4.88. The zero-order valence-electron chi connectivity index (χ0n) is 13.2. The summed E-state index contributed by atoms with van der Waals surface area (Å²) in [6.07, 6.45) is 3.77. The molecule has 116 valence electrons. The second-order valence-electron chi connectivity index (χ2n) is 6.45. The van der Waals surface area contributed by atoms with Crippen molar-refractivity contribution >= 4 is 0 Å². The molecule has 1 aliphatic carbocycles. The van der Waals surface area contributed by atoms with Crippen LogP contribution < -0.4 is 0 Å². The Morgan fingerprint density at radius 1 is 0.909 bits per heavy atom. The molecule has 0 spiro atoms. The minimum Gasteiger partial charge on any atom is -0.387 e. The Kier molecular flexibility index (Phi) is 4.32. The van der Waals surface area contributed by atoms with Crippen molar-refractivity contribution in [1.82, 2.24) is 0 Å². The molecule has 0 heterocycles. The van der Waals surface area contributed by atoms with E-state index in [1.807, 2.05) is 43.3 Å². The lowest BCUT2D eigenvalue weighted by Gasteiger charge is -2.48. The fourth-order valence-corrected chi connectivity index (χ4v) is 3.57. The van der Waals surface area contributed by atoms with Crippen LogP contribution in [0.3, 0.4) is 0 Å². The van der Waals surface area contributed by atoms with Crippen LogP contribution in [0.1, 0.15) is 43.7 Å². The molecule has 0 aliphatic heterocycles. The van der Waals surface area contributed by atoms with Gasteiger partial charge in [0.1, 0.15) is 5.60 Å². The molecule has 2 nitrogen and oxygen atoms in total. The van der Waals surface area contributed by atoms with E-state index in [2.05, 4.69) is 24.3 Å². The molecule has 2 aromatic rings. The Labute approximate surface area is 132 Å². The van der Waals surface area contributed by atoms with Crippen molar-refractivity contribution in [1.29, 1.82) is 0 Å². The highest BCUT2D eigenvalue weighted by Crippen LogP contribution is 2.47. The summed E-state index contributed by atoms with van der Waals surface area (Å²) in [7, 11) is 0. The second kappa shape index (κ2) is 6.23. The van der Waals surface area contributed by atoms with Crippen molar-refractivity contribution in [3.05, 3.63) is 71.8 Å². The standard InChI is InChI=1S/C20H24O2/c1-19(21)14-8-9-15-20(19,18-12-6-3-7-13-18)22-16-17-10-4-2-5-11-17/h2-7,10-13,21H,8-9,14-16H2,1H3. The zero-order chi connectivity index (χ0) is 15.5. The number of benzene rings is 2. The van der Waals surface area contributed by atoms with E-state index < -0.39 is 11.2 Å². The van der Waals surface area contributed by atoms with Crippen molar-refractivity contribution in [3.63, 3.8) is 0 Å². The van der Waals surface area contributed by atoms with Gasteiger partial charge in [-0.15, -0.1) is 0 Å². The lowest BCUT2D eigenvalue weighted by molar-refractivity contribution is -0.210. The van der Waals surface area contributed by atoms with Crippen molar-refractivity contribution in [2.45, 2.75) is 50.4 Å². The fourth-order valence-electron chi connectivity index (χ4n) is 3.57. The van der Waals surface area contributed by atoms with Gasteiger partial charge in [-0.1, -0.05) is 67.1 Å². The van der Waals surface area contributed by atoms with E-state index in [4.69, 9.17) is 4.74 Å². The van der Waals surface area contributed by atoms with Crippen LogP contribution >= 0.6 is 0 Å². The van der Waals surface area contributed by atoms with Gasteiger partial charge in [0.25, 0.3) is 0 Å². The Morgan fingerprint density at radius 3 is 2.14 bits per heavy atom. The summed E-state index contributed by atoms with van der Waals surface area (Å²) in [5.74, 6) is 0. The average Bonchev–Trinajstić information content (AvgIpc) is 2.55. The summed E-state index contributed by atoms with van der Waals surface area (Å²) in [4.78, 5) is 0. The van der Waals surface area contributed by atoms with Gasteiger partial charge in [0.15, 0.2) is 0 Å². The van der Waals surface area contributed by atoms with Crippen LogP contribution in [0, 0.1) is 0 Å². The highest BCUT2D eigenvalue weighted by Gasteiger charge is 2.51. The van der Waals surface area contributed by atoms with E-state index in [1.54, 1.807) is 0 Å². The highest BCUT2D eigenvalue weighted by atomic mass is 16.5. The summed E-state index contributed by atoms with van der Waals surface area (Å²) in [6, 6.07) is 20.4. The van der Waals surface area contributed by atoms with Gasteiger partial charge >= 0.3 is 0 Å². The number of hydrogen-bond acceptors (Lipinski definition) is 2.